The smallest absolute Gasteiger partial charge is 0.493 e. The van der Waals surface area contributed by atoms with Crippen LogP contribution in [-0.4, -0.2) is 80.1 Å². The van der Waals surface area contributed by atoms with Crippen LogP contribution in [0.15, 0.2) is 24.3 Å². The molecule has 290 valence electrons. The first kappa shape index (κ1) is 42.8. The van der Waals surface area contributed by atoms with Crippen LogP contribution in [0.1, 0.15) is 84.9 Å². The molecular formula is C34H46O18. The van der Waals surface area contributed by atoms with Gasteiger partial charge in [0.2, 0.25) is 11.5 Å². The van der Waals surface area contributed by atoms with E-state index in [0.717, 1.165) is 51.4 Å². The van der Waals surface area contributed by atoms with Gasteiger partial charge in [-0.05, 0) is 37.1 Å². The third-order valence-corrected chi connectivity index (χ3v) is 7.20. The van der Waals surface area contributed by atoms with E-state index in [2.05, 4.69) is 29.6 Å². The Labute approximate surface area is 300 Å². The molecule has 2 aromatic rings. The molecular weight excluding hydrogens is 696 g/mol. The van der Waals surface area contributed by atoms with E-state index < -0.39 is 24.2 Å². The molecule has 0 aliphatic rings. The quantitative estimate of drug-likeness (QED) is 0.0453. The zero-order chi connectivity index (χ0) is 38.1. The van der Waals surface area contributed by atoms with Gasteiger partial charge < -0.3 is 37.9 Å². The van der Waals surface area contributed by atoms with E-state index in [1.807, 2.05) is 0 Å². The number of methoxy groups -OCH3 is 6. The lowest BCUT2D eigenvalue weighted by Crippen LogP contribution is -2.13. The number of carbonyl (C=O) groups is 4. The number of rotatable bonds is 25. The Hall–Kier alpha value is -5.36. The highest BCUT2D eigenvalue weighted by atomic mass is 17.5. The fourth-order valence-corrected chi connectivity index (χ4v) is 4.62. The van der Waals surface area contributed by atoms with Crippen molar-refractivity contribution in [2.75, 3.05) is 55.9 Å². The minimum atomic E-state index is -1.15. The molecule has 52 heavy (non-hydrogen) atoms. The van der Waals surface area contributed by atoms with Crippen LogP contribution in [0.4, 0.5) is 9.59 Å². The Balaban J connectivity index is 1.42. The Bertz CT molecular complexity index is 1260. The maximum Gasteiger partial charge on any atom is 0.543 e. The number of ether oxygens (including phenoxy) is 8. The molecule has 0 spiro atoms. The Morgan fingerprint density at radius 3 is 0.962 bits per heavy atom. The summed E-state index contributed by atoms with van der Waals surface area (Å²) in [6.45, 7) is 0.232. The normalized spacial score (nSPS) is 10.3. The molecule has 0 atom stereocenters. The monoisotopic (exact) mass is 742 g/mol. The summed E-state index contributed by atoms with van der Waals surface area (Å²) in [6.07, 6.45) is 6.78. The van der Waals surface area contributed by atoms with Gasteiger partial charge in [-0.15, -0.1) is 0 Å². The van der Waals surface area contributed by atoms with Crippen LogP contribution in [0.2, 0.25) is 0 Å². The standard InChI is InChI=1S/C34H46O18/c1-39-25-19-23(20-26(40-2)29(25)43-5)31(35)47-51-49-33(37)45-17-15-13-11-9-7-8-10-12-14-16-18-46-34(38)50-52-48-32(36)24-21-27(41-3)30(44-6)28(22-24)42-4/h19-22H,7-18H2,1-6H3. The van der Waals surface area contributed by atoms with Crippen molar-refractivity contribution in [1.29, 1.82) is 0 Å². The van der Waals surface area contributed by atoms with E-state index in [9.17, 15) is 19.2 Å². The third kappa shape index (κ3) is 14.9. The summed E-state index contributed by atoms with van der Waals surface area (Å²) in [5, 5.41) is 8.49. The second-order valence-corrected chi connectivity index (χ2v) is 10.6. The maximum atomic E-state index is 12.2. The molecule has 0 amide bonds. The van der Waals surface area contributed by atoms with Gasteiger partial charge in [-0.3, -0.25) is 9.78 Å². The van der Waals surface area contributed by atoms with Crippen molar-refractivity contribution in [1.82, 2.24) is 0 Å². The molecule has 18 heteroatoms. The second kappa shape index (κ2) is 24.7. The lowest BCUT2D eigenvalue weighted by molar-refractivity contribution is -0.452. The Kier molecular flexibility index (Phi) is 20.4. The number of hydrogen-bond donors (Lipinski definition) is 0. The molecule has 0 saturated carbocycles. The van der Waals surface area contributed by atoms with Crippen LogP contribution < -0.4 is 28.4 Å². The van der Waals surface area contributed by atoms with Gasteiger partial charge in [0.05, 0.1) is 77.1 Å². The number of carbonyl (C=O) groups excluding carboxylic acids is 4. The first-order valence-corrected chi connectivity index (χ1v) is 16.3. The van der Waals surface area contributed by atoms with Crippen molar-refractivity contribution in [3.8, 4) is 34.5 Å². The van der Waals surface area contributed by atoms with Crippen LogP contribution in [-0.2, 0) is 39.1 Å². The van der Waals surface area contributed by atoms with Crippen molar-refractivity contribution in [3.63, 3.8) is 0 Å². The zero-order valence-corrected chi connectivity index (χ0v) is 30.1. The van der Waals surface area contributed by atoms with Gasteiger partial charge in [-0.2, -0.15) is 0 Å². The predicted octanol–water partition coefficient (Wildman–Crippen LogP) is 6.65. The Morgan fingerprint density at radius 2 is 0.692 bits per heavy atom. The lowest BCUT2D eigenvalue weighted by Gasteiger charge is -2.13. The molecule has 2 aromatic carbocycles. The van der Waals surface area contributed by atoms with Crippen LogP contribution in [0.5, 0.6) is 34.5 Å². The van der Waals surface area contributed by atoms with Gasteiger partial charge in [-0.1, -0.05) is 51.4 Å². The minimum absolute atomic E-state index is 0.00242. The van der Waals surface area contributed by atoms with Gasteiger partial charge >= 0.3 is 24.2 Å². The first-order valence-electron chi connectivity index (χ1n) is 16.3. The Morgan fingerprint density at radius 1 is 0.404 bits per heavy atom. The van der Waals surface area contributed by atoms with Crippen molar-refractivity contribution < 1.29 is 86.7 Å². The molecule has 0 aromatic heterocycles. The lowest BCUT2D eigenvalue weighted by atomic mass is 10.1. The van der Waals surface area contributed by atoms with E-state index in [0.29, 0.717) is 12.8 Å². The highest BCUT2D eigenvalue weighted by Gasteiger charge is 2.21. The van der Waals surface area contributed by atoms with Crippen molar-refractivity contribution in [2.45, 2.75) is 64.2 Å². The zero-order valence-electron chi connectivity index (χ0n) is 30.1. The van der Waals surface area contributed by atoms with Crippen LogP contribution in [0.3, 0.4) is 0 Å². The average Bonchev–Trinajstić information content (AvgIpc) is 3.16. The second-order valence-electron chi connectivity index (χ2n) is 10.6. The van der Waals surface area contributed by atoms with Crippen molar-refractivity contribution in [3.05, 3.63) is 35.4 Å². The molecule has 0 saturated heterocycles. The number of unbranched alkanes of at least 4 members (excludes halogenated alkanes) is 9. The molecule has 0 N–H and O–H groups in total. The molecule has 0 fully saturated rings. The summed E-state index contributed by atoms with van der Waals surface area (Å²) in [5.74, 6) is -0.465. The molecule has 2 rings (SSSR count). The van der Waals surface area contributed by atoms with Crippen molar-refractivity contribution in [2.24, 2.45) is 0 Å². The molecule has 18 nitrogen and oxygen atoms in total. The first-order chi connectivity index (χ1) is 25.2. The summed E-state index contributed by atoms with van der Waals surface area (Å²) >= 11 is 0. The van der Waals surface area contributed by atoms with Gasteiger partial charge in [-0.25, -0.2) is 29.0 Å². The van der Waals surface area contributed by atoms with E-state index in [-0.39, 0.29) is 58.8 Å². The third-order valence-electron chi connectivity index (χ3n) is 7.20. The fourth-order valence-electron chi connectivity index (χ4n) is 4.62. The van der Waals surface area contributed by atoms with E-state index in [1.54, 1.807) is 0 Å². The van der Waals surface area contributed by atoms with Gasteiger partial charge in [0.15, 0.2) is 23.0 Å². The highest BCUT2D eigenvalue weighted by Crippen LogP contribution is 2.39. The van der Waals surface area contributed by atoms with Gasteiger partial charge in [0.25, 0.3) is 0 Å². The van der Waals surface area contributed by atoms with Crippen molar-refractivity contribution >= 4 is 24.2 Å². The largest absolute Gasteiger partial charge is 0.543 e. The van der Waals surface area contributed by atoms with E-state index in [1.165, 1.54) is 66.9 Å². The molecule has 0 radical (unpaired) electrons. The molecule has 0 aliphatic carbocycles. The van der Waals surface area contributed by atoms with E-state index in [4.69, 9.17) is 37.9 Å². The summed E-state index contributed by atoms with van der Waals surface area (Å²) in [6, 6.07) is 5.37. The summed E-state index contributed by atoms with van der Waals surface area (Å²) in [4.78, 5) is 65.3. The average molecular weight is 743 g/mol. The number of benzene rings is 2. The molecule has 0 aliphatic heterocycles. The van der Waals surface area contributed by atoms with E-state index >= 15 is 0 Å². The molecule has 0 unspecified atom stereocenters. The summed E-state index contributed by atoms with van der Waals surface area (Å²) in [7, 11) is 8.40. The summed E-state index contributed by atoms with van der Waals surface area (Å²) < 4.78 is 40.9. The van der Waals surface area contributed by atoms with Crippen LogP contribution in [0, 0.1) is 0 Å². The fraction of sp³-hybridized carbons (Fsp3) is 0.529. The SMILES string of the molecule is COc1cc(C(=O)OOOC(=O)OCCCCCCCCCCCCOC(=O)OOOC(=O)c2cc(OC)c(OC)c(OC)c2)cc(OC)c1OC. The van der Waals surface area contributed by atoms with Crippen LogP contribution >= 0.6 is 0 Å². The van der Waals surface area contributed by atoms with Gasteiger partial charge in [0, 0.05) is 0 Å². The summed E-state index contributed by atoms with van der Waals surface area (Å²) in [5.41, 5.74) is 0.00484. The predicted molar refractivity (Wildman–Crippen MR) is 176 cm³/mol. The molecule has 0 bridgehead atoms. The molecule has 0 heterocycles. The van der Waals surface area contributed by atoms with Crippen LogP contribution in [0.25, 0.3) is 0 Å². The minimum Gasteiger partial charge on any atom is -0.493 e. The highest BCUT2D eigenvalue weighted by molar-refractivity contribution is 5.91. The van der Waals surface area contributed by atoms with Gasteiger partial charge in [0.1, 0.15) is 0 Å². The maximum absolute atomic E-state index is 12.2. The number of hydrogen-bond acceptors (Lipinski definition) is 18. The topological polar surface area (TPSA) is 197 Å².